The summed E-state index contributed by atoms with van der Waals surface area (Å²) in [7, 11) is 0. The summed E-state index contributed by atoms with van der Waals surface area (Å²) in [6.07, 6.45) is 0.212. The fourth-order valence-electron chi connectivity index (χ4n) is 0.981. The zero-order valence-electron chi connectivity index (χ0n) is 7.74. The summed E-state index contributed by atoms with van der Waals surface area (Å²) in [4.78, 5) is 4.17. The summed E-state index contributed by atoms with van der Waals surface area (Å²) < 4.78 is 5.44. The second kappa shape index (κ2) is 3.26. The molecule has 0 saturated carbocycles. The fraction of sp³-hybridized carbons (Fsp3) is 0.625. The molecule has 2 rings (SSSR count). The van der Waals surface area contributed by atoms with E-state index in [9.17, 15) is 0 Å². The zero-order valence-corrected chi connectivity index (χ0v) is 7.74. The van der Waals surface area contributed by atoms with Crippen LogP contribution in [0.25, 0.3) is 0 Å². The molecule has 1 aliphatic rings. The van der Waals surface area contributed by atoms with Crippen LogP contribution in [-0.4, -0.2) is 34.4 Å². The normalized spacial score (nSPS) is 16.8. The second-order valence-electron chi connectivity index (χ2n) is 3.16. The minimum Gasteiger partial charge on any atom is -0.456 e. The van der Waals surface area contributed by atoms with Crippen molar-refractivity contribution < 1.29 is 4.74 Å². The maximum absolute atomic E-state index is 5.44. The summed E-state index contributed by atoms with van der Waals surface area (Å²) in [6, 6.07) is 0.384. The fourth-order valence-corrected chi connectivity index (χ4v) is 0.981. The van der Waals surface area contributed by atoms with Gasteiger partial charge in [0.15, 0.2) is 0 Å². The molecule has 0 unspecified atom stereocenters. The van der Waals surface area contributed by atoms with Crippen LogP contribution in [0, 0.1) is 13.8 Å². The molecule has 0 atom stereocenters. The Hall–Kier alpha value is -1.23. The first-order chi connectivity index (χ1) is 6.25. The zero-order chi connectivity index (χ0) is 9.26. The number of hydrogen-bond acceptors (Lipinski definition) is 5. The number of nitrogens with one attached hydrogen (secondary N) is 1. The van der Waals surface area contributed by atoms with E-state index in [2.05, 4.69) is 20.5 Å². The number of aryl methyl sites for hydroxylation is 2. The van der Waals surface area contributed by atoms with Gasteiger partial charge in [-0.05, 0) is 13.8 Å². The van der Waals surface area contributed by atoms with E-state index in [1.807, 2.05) is 13.8 Å². The monoisotopic (exact) mass is 180 g/mol. The lowest BCUT2D eigenvalue weighted by Gasteiger charge is -2.26. The van der Waals surface area contributed by atoms with Crippen LogP contribution in [0.4, 0.5) is 0 Å². The molecule has 5 heteroatoms. The third-order valence-corrected chi connectivity index (χ3v) is 2.09. The highest BCUT2D eigenvalue weighted by Gasteiger charge is 2.19. The van der Waals surface area contributed by atoms with Gasteiger partial charge in [-0.1, -0.05) is 5.10 Å². The molecule has 0 aromatic carbocycles. The Kier molecular flexibility index (Phi) is 2.10. The molecule has 0 bridgehead atoms. The molecule has 0 spiro atoms. The van der Waals surface area contributed by atoms with Crippen molar-refractivity contribution in [2.75, 3.05) is 13.1 Å². The first-order valence-electron chi connectivity index (χ1n) is 4.31. The Morgan fingerprint density at radius 2 is 2.00 bits per heavy atom. The molecule has 1 aliphatic heterocycles. The van der Waals surface area contributed by atoms with E-state index in [-0.39, 0.29) is 6.10 Å². The van der Waals surface area contributed by atoms with Gasteiger partial charge in [0.05, 0.1) is 11.4 Å². The van der Waals surface area contributed by atoms with Gasteiger partial charge in [-0.15, -0.1) is 5.10 Å². The van der Waals surface area contributed by atoms with Crippen molar-refractivity contribution in [1.82, 2.24) is 20.5 Å². The van der Waals surface area contributed by atoms with E-state index < -0.39 is 0 Å². The first-order valence-corrected chi connectivity index (χ1v) is 4.31. The van der Waals surface area contributed by atoms with Crippen molar-refractivity contribution in [2.24, 2.45) is 0 Å². The highest BCUT2D eigenvalue weighted by atomic mass is 16.5. The SMILES string of the molecule is Cc1nnc(OC2CNC2)nc1C. The molecule has 1 aromatic heterocycles. The van der Waals surface area contributed by atoms with Crippen molar-refractivity contribution >= 4 is 0 Å². The summed E-state index contributed by atoms with van der Waals surface area (Å²) in [6.45, 7) is 5.52. The topological polar surface area (TPSA) is 59.9 Å². The van der Waals surface area contributed by atoms with Crippen molar-refractivity contribution in [1.29, 1.82) is 0 Å². The van der Waals surface area contributed by atoms with E-state index in [0.717, 1.165) is 24.5 Å². The molecule has 1 fully saturated rings. The van der Waals surface area contributed by atoms with Crippen molar-refractivity contribution in [3.8, 4) is 6.01 Å². The smallest absolute Gasteiger partial charge is 0.336 e. The standard InChI is InChI=1S/C8H12N4O/c1-5-6(2)11-12-8(10-5)13-7-3-9-4-7/h7,9H,3-4H2,1-2H3. The van der Waals surface area contributed by atoms with Gasteiger partial charge < -0.3 is 10.1 Å². The Labute approximate surface area is 76.5 Å². The highest BCUT2D eigenvalue weighted by molar-refractivity contribution is 5.08. The molecule has 5 nitrogen and oxygen atoms in total. The molecule has 1 N–H and O–H groups in total. The van der Waals surface area contributed by atoms with E-state index in [4.69, 9.17) is 4.74 Å². The average Bonchev–Trinajstić information content (AvgIpc) is 2.04. The number of nitrogens with zero attached hydrogens (tertiary/aromatic N) is 3. The average molecular weight is 180 g/mol. The third-order valence-electron chi connectivity index (χ3n) is 2.09. The number of aromatic nitrogens is 3. The quantitative estimate of drug-likeness (QED) is 0.685. The molecule has 0 aliphatic carbocycles. The van der Waals surface area contributed by atoms with E-state index in [0.29, 0.717) is 6.01 Å². The van der Waals surface area contributed by atoms with Crippen LogP contribution in [0.5, 0.6) is 6.01 Å². The predicted octanol–water partition coefficient (Wildman–Crippen LogP) is -0.161. The molecule has 1 aromatic rings. The van der Waals surface area contributed by atoms with Crippen LogP contribution in [0.1, 0.15) is 11.4 Å². The van der Waals surface area contributed by atoms with E-state index in [1.165, 1.54) is 0 Å². The van der Waals surface area contributed by atoms with Crippen LogP contribution in [0.3, 0.4) is 0 Å². The minimum absolute atomic E-state index is 0.212. The van der Waals surface area contributed by atoms with Crippen molar-refractivity contribution in [2.45, 2.75) is 20.0 Å². The van der Waals surface area contributed by atoms with Gasteiger partial charge in [-0.25, -0.2) is 0 Å². The Morgan fingerprint density at radius 1 is 1.23 bits per heavy atom. The van der Waals surface area contributed by atoms with Crippen molar-refractivity contribution in [3.05, 3.63) is 11.4 Å². The number of hydrogen-bond donors (Lipinski definition) is 1. The lowest BCUT2D eigenvalue weighted by atomic mass is 10.2. The van der Waals surface area contributed by atoms with Gasteiger partial charge in [0.2, 0.25) is 0 Å². The molecular formula is C8H12N4O. The molecular weight excluding hydrogens is 168 g/mol. The largest absolute Gasteiger partial charge is 0.456 e. The number of ether oxygens (including phenoxy) is 1. The summed E-state index contributed by atoms with van der Waals surface area (Å²) in [5, 5.41) is 10.9. The van der Waals surface area contributed by atoms with Crippen LogP contribution in [0.15, 0.2) is 0 Å². The summed E-state index contributed by atoms with van der Waals surface area (Å²) in [5.74, 6) is 0. The lowest BCUT2D eigenvalue weighted by Crippen LogP contribution is -2.50. The Balaban J connectivity index is 2.07. The Morgan fingerprint density at radius 3 is 2.54 bits per heavy atom. The molecule has 0 amide bonds. The van der Waals surface area contributed by atoms with E-state index >= 15 is 0 Å². The molecule has 1 saturated heterocycles. The third kappa shape index (κ3) is 1.75. The van der Waals surface area contributed by atoms with Gasteiger partial charge in [-0.3, -0.25) is 0 Å². The molecule has 13 heavy (non-hydrogen) atoms. The predicted molar refractivity (Wildman–Crippen MR) is 46.6 cm³/mol. The lowest BCUT2D eigenvalue weighted by molar-refractivity contribution is 0.127. The van der Waals surface area contributed by atoms with Gasteiger partial charge in [0.25, 0.3) is 0 Å². The van der Waals surface area contributed by atoms with Gasteiger partial charge in [-0.2, -0.15) is 4.98 Å². The molecule has 0 radical (unpaired) electrons. The van der Waals surface area contributed by atoms with Crippen LogP contribution >= 0.6 is 0 Å². The van der Waals surface area contributed by atoms with Crippen molar-refractivity contribution in [3.63, 3.8) is 0 Å². The summed E-state index contributed by atoms with van der Waals surface area (Å²) >= 11 is 0. The molecule has 70 valence electrons. The van der Waals surface area contributed by atoms with Gasteiger partial charge in [0, 0.05) is 13.1 Å². The van der Waals surface area contributed by atoms with Crippen LogP contribution in [0.2, 0.25) is 0 Å². The second-order valence-corrected chi connectivity index (χ2v) is 3.16. The van der Waals surface area contributed by atoms with Gasteiger partial charge >= 0.3 is 6.01 Å². The maximum atomic E-state index is 5.44. The molecule has 2 heterocycles. The van der Waals surface area contributed by atoms with Gasteiger partial charge in [0.1, 0.15) is 6.10 Å². The minimum atomic E-state index is 0.212. The Bertz CT molecular complexity index is 311. The van der Waals surface area contributed by atoms with Crippen LogP contribution in [-0.2, 0) is 0 Å². The maximum Gasteiger partial charge on any atom is 0.336 e. The van der Waals surface area contributed by atoms with E-state index in [1.54, 1.807) is 0 Å². The summed E-state index contributed by atoms with van der Waals surface area (Å²) in [5.41, 5.74) is 1.72. The van der Waals surface area contributed by atoms with Crippen LogP contribution < -0.4 is 10.1 Å². The first kappa shape index (κ1) is 8.37. The highest BCUT2D eigenvalue weighted by Crippen LogP contribution is 2.07. The number of rotatable bonds is 2.